The van der Waals surface area contributed by atoms with Gasteiger partial charge in [-0.2, -0.15) is 25.3 Å². The van der Waals surface area contributed by atoms with Crippen LogP contribution in [0.4, 0.5) is 0 Å². The quantitative estimate of drug-likeness (QED) is 0.175. The van der Waals surface area contributed by atoms with E-state index in [0.29, 0.717) is 25.3 Å². The Balaban J connectivity index is 0. The molecule has 0 saturated carbocycles. The van der Waals surface area contributed by atoms with Crippen LogP contribution in [0.3, 0.4) is 0 Å². The van der Waals surface area contributed by atoms with Crippen LogP contribution in [0.2, 0.25) is 0 Å². The number of rotatable bonds is 17. The molecule has 0 aliphatic heterocycles. The fourth-order valence-corrected chi connectivity index (χ4v) is 3.38. The predicted octanol–water partition coefficient (Wildman–Crippen LogP) is 3.12. The number of ether oxygens (including phenoxy) is 1. The maximum Gasteiger partial charge on any atom is 5.00 e. The first-order chi connectivity index (χ1) is 15.4. The molecule has 0 aliphatic carbocycles. The van der Waals surface area contributed by atoms with E-state index >= 15 is 0 Å². The third-order valence-corrected chi connectivity index (χ3v) is 5.50. The normalized spacial score (nSPS) is 12.6. The van der Waals surface area contributed by atoms with Crippen molar-refractivity contribution in [2.75, 3.05) is 52.4 Å². The second kappa shape index (κ2) is 19.0. The average Bonchev–Trinajstić information content (AvgIpc) is 2.73. The minimum absolute atomic E-state index is 0. The molecule has 0 aliphatic rings. The van der Waals surface area contributed by atoms with E-state index in [1.165, 1.54) is 0 Å². The van der Waals surface area contributed by atoms with E-state index in [1.54, 1.807) is 0 Å². The second-order valence-electron chi connectivity index (χ2n) is 9.83. The molecule has 0 aromatic heterocycles. The standard InChI is InChI=1S/C25H46N4O2S2.O.Tc/c1-7-29(8-2)14-13-27-23(30)21-11-9-20(10-12-21)16-31-17-22(28-19-25(5,6)33)15-26-18-24(3,4)32;;/h9-12,22,26,28,32-33H,7-8,13-19H2,1-6H3,(H,27,30);;/q;-2;+5. The molecule has 35 heavy (non-hydrogen) atoms. The zero-order valence-corrected chi connectivity index (χ0v) is 25.8. The van der Waals surface area contributed by atoms with Crippen LogP contribution >= 0.6 is 25.3 Å². The SMILES string of the molecule is CCN(CC)CCNC(=O)c1ccc(COCC(CNCC(C)(C)S)NCC(C)(C)S)cc1.[O-2].[Tc+5]. The van der Waals surface area contributed by atoms with Crippen LogP contribution in [0, 0.1) is 0 Å². The summed E-state index contributed by atoms with van der Waals surface area (Å²) in [4.78, 5) is 14.6. The number of hydrogen-bond donors (Lipinski definition) is 5. The Morgan fingerprint density at radius 1 is 1.03 bits per heavy atom. The number of hydrogen-bond acceptors (Lipinski definition) is 7. The van der Waals surface area contributed by atoms with E-state index in [0.717, 1.165) is 44.8 Å². The van der Waals surface area contributed by atoms with Gasteiger partial charge in [-0.1, -0.05) is 26.0 Å². The Hall–Kier alpha value is -0.161. The topological polar surface area (TPSA) is 94.1 Å². The van der Waals surface area contributed by atoms with Gasteiger partial charge in [0.15, 0.2) is 0 Å². The first kappa shape index (κ1) is 37.0. The summed E-state index contributed by atoms with van der Waals surface area (Å²) in [7, 11) is 0. The van der Waals surface area contributed by atoms with Gasteiger partial charge in [0.25, 0.3) is 5.91 Å². The molecule has 1 aromatic carbocycles. The van der Waals surface area contributed by atoms with E-state index in [4.69, 9.17) is 4.74 Å². The van der Waals surface area contributed by atoms with Gasteiger partial charge < -0.3 is 31.1 Å². The molecule has 1 amide bonds. The molecular formula is C25H46N4O3S2Tc+3. The maximum atomic E-state index is 12.4. The summed E-state index contributed by atoms with van der Waals surface area (Å²) in [5.74, 6) is -0.0357. The van der Waals surface area contributed by atoms with Crippen LogP contribution in [-0.4, -0.2) is 78.8 Å². The van der Waals surface area contributed by atoms with Crippen molar-refractivity contribution in [3.05, 3.63) is 35.4 Å². The fourth-order valence-electron chi connectivity index (χ4n) is 3.18. The van der Waals surface area contributed by atoms with Crippen molar-refractivity contribution < 1.29 is 35.1 Å². The van der Waals surface area contributed by atoms with Crippen molar-refractivity contribution in [1.82, 2.24) is 20.9 Å². The molecule has 0 radical (unpaired) electrons. The second-order valence-corrected chi connectivity index (χ2v) is 12.2. The Kier molecular flexibility index (Phi) is 20.1. The molecule has 0 saturated heterocycles. The molecule has 7 nitrogen and oxygen atoms in total. The maximum absolute atomic E-state index is 12.4. The molecule has 1 rings (SSSR count). The van der Waals surface area contributed by atoms with E-state index in [-0.39, 0.29) is 47.0 Å². The Morgan fingerprint density at radius 3 is 2.11 bits per heavy atom. The van der Waals surface area contributed by atoms with Crippen LogP contribution in [0.25, 0.3) is 0 Å². The molecule has 1 aromatic rings. The third kappa shape index (κ3) is 18.7. The van der Waals surface area contributed by atoms with Gasteiger partial charge in [0.1, 0.15) is 0 Å². The van der Waals surface area contributed by atoms with Gasteiger partial charge >= 0.3 is 20.1 Å². The Labute approximate surface area is 237 Å². The van der Waals surface area contributed by atoms with Crippen LogP contribution in [-0.2, 0) is 36.9 Å². The fraction of sp³-hybridized carbons (Fsp3) is 0.720. The van der Waals surface area contributed by atoms with E-state index < -0.39 is 0 Å². The number of benzene rings is 1. The number of amides is 1. The molecule has 0 fully saturated rings. The molecule has 200 valence electrons. The number of carbonyl (C=O) groups is 1. The summed E-state index contributed by atoms with van der Waals surface area (Å²) < 4.78 is 5.84. The van der Waals surface area contributed by atoms with E-state index in [1.807, 2.05) is 24.3 Å². The summed E-state index contributed by atoms with van der Waals surface area (Å²) in [5.41, 5.74) is 1.72. The average molecular weight is 613 g/mol. The summed E-state index contributed by atoms with van der Waals surface area (Å²) in [6, 6.07) is 7.81. The smallest absolute Gasteiger partial charge is 2.00 e. The summed E-state index contributed by atoms with van der Waals surface area (Å²) in [6.07, 6.45) is 0. The Bertz CT molecular complexity index is 679. The molecule has 0 heterocycles. The van der Waals surface area contributed by atoms with Gasteiger partial charge in [-0.05, 0) is 58.5 Å². The van der Waals surface area contributed by atoms with E-state index in [2.05, 4.69) is 87.7 Å². The first-order valence-electron chi connectivity index (χ1n) is 12.0. The van der Waals surface area contributed by atoms with Crippen molar-refractivity contribution >= 4 is 31.2 Å². The van der Waals surface area contributed by atoms with Crippen LogP contribution in [0.5, 0.6) is 0 Å². The monoisotopic (exact) mass is 611 g/mol. The van der Waals surface area contributed by atoms with Crippen molar-refractivity contribution in [2.24, 2.45) is 0 Å². The van der Waals surface area contributed by atoms with E-state index in [9.17, 15) is 4.79 Å². The largest absolute Gasteiger partial charge is 5.00 e. The predicted molar refractivity (Wildman–Crippen MR) is 148 cm³/mol. The molecule has 10 heteroatoms. The summed E-state index contributed by atoms with van der Waals surface area (Å²) >= 11 is 9.19. The molecule has 0 spiro atoms. The molecule has 1 atom stereocenters. The number of likely N-dealkylation sites (N-methyl/N-ethyl adjacent to an activating group) is 1. The Morgan fingerprint density at radius 2 is 1.60 bits per heavy atom. The van der Waals surface area contributed by atoms with Crippen LogP contribution in [0.1, 0.15) is 57.5 Å². The van der Waals surface area contributed by atoms with Gasteiger partial charge in [0.2, 0.25) is 0 Å². The van der Waals surface area contributed by atoms with Crippen LogP contribution in [0.15, 0.2) is 24.3 Å². The van der Waals surface area contributed by atoms with Crippen molar-refractivity contribution in [1.29, 1.82) is 0 Å². The van der Waals surface area contributed by atoms with Crippen molar-refractivity contribution in [2.45, 2.75) is 63.7 Å². The van der Waals surface area contributed by atoms with Gasteiger partial charge in [-0.15, -0.1) is 0 Å². The van der Waals surface area contributed by atoms with Crippen molar-refractivity contribution in [3.63, 3.8) is 0 Å². The number of nitrogens with one attached hydrogen (secondary N) is 3. The minimum Gasteiger partial charge on any atom is -2.00 e. The van der Waals surface area contributed by atoms with Gasteiger partial charge in [-0.3, -0.25) is 4.79 Å². The first-order valence-corrected chi connectivity index (χ1v) is 12.9. The molecule has 3 N–H and O–H groups in total. The number of carbonyl (C=O) groups excluding carboxylic acids is 1. The summed E-state index contributed by atoms with van der Waals surface area (Å²) in [5, 5.41) is 10.0. The van der Waals surface area contributed by atoms with Crippen LogP contribution < -0.4 is 16.0 Å². The molecular weight excluding hydrogens is 566 g/mol. The summed E-state index contributed by atoms with van der Waals surface area (Å²) in [6.45, 7) is 19.6. The molecule has 0 bridgehead atoms. The third-order valence-electron chi connectivity index (χ3n) is 5.18. The zero-order valence-electron chi connectivity index (χ0n) is 22.2. The minimum atomic E-state index is -0.0944. The molecule has 1 unspecified atom stereocenters. The van der Waals surface area contributed by atoms with Crippen molar-refractivity contribution in [3.8, 4) is 0 Å². The van der Waals surface area contributed by atoms with Gasteiger partial charge in [-0.25, -0.2) is 0 Å². The zero-order chi connectivity index (χ0) is 24.9. The van der Waals surface area contributed by atoms with Gasteiger partial charge in [0, 0.05) is 53.8 Å². The van der Waals surface area contributed by atoms with Gasteiger partial charge in [0.05, 0.1) is 13.2 Å². The number of thiol groups is 2. The number of nitrogens with zero attached hydrogens (tertiary/aromatic N) is 1.